The highest BCUT2D eigenvalue weighted by molar-refractivity contribution is 7.89. The van der Waals surface area contributed by atoms with Crippen LogP contribution in [0, 0.1) is 13.8 Å². The van der Waals surface area contributed by atoms with Crippen molar-refractivity contribution in [1.29, 1.82) is 0 Å². The molecule has 0 saturated carbocycles. The number of hydrogen-bond donors (Lipinski definition) is 1. The molecule has 1 amide bonds. The highest BCUT2D eigenvalue weighted by atomic mass is 32.2. The molecule has 2 aromatic carbocycles. The van der Waals surface area contributed by atoms with Gasteiger partial charge in [0, 0.05) is 12.2 Å². The average Bonchev–Trinajstić information content (AvgIpc) is 2.63. The van der Waals surface area contributed by atoms with Crippen LogP contribution < -0.4 is 10.1 Å². The van der Waals surface area contributed by atoms with Crippen molar-refractivity contribution in [3.63, 3.8) is 0 Å². The van der Waals surface area contributed by atoms with Crippen LogP contribution in [-0.4, -0.2) is 38.3 Å². The van der Waals surface area contributed by atoms with Crippen molar-refractivity contribution in [2.45, 2.75) is 32.6 Å². The zero-order valence-electron chi connectivity index (χ0n) is 16.2. The van der Waals surface area contributed by atoms with E-state index in [0.717, 1.165) is 15.4 Å². The number of nitrogens with one attached hydrogen (secondary N) is 1. The molecule has 0 radical (unpaired) electrons. The summed E-state index contributed by atoms with van der Waals surface area (Å²) in [5.41, 5.74) is 2.32. The van der Waals surface area contributed by atoms with Gasteiger partial charge in [0.2, 0.25) is 15.9 Å². The molecular formula is C20H26N2O4S. The molecule has 0 atom stereocenters. The van der Waals surface area contributed by atoms with Gasteiger partial charge < -0.3 is 10.1 Å². The minimum atomic E-state index is -3.79. The van der Waals surface area contributed by atoms with Gasteiger partial charge in [-0.15, -0.1) is 0 Å². The van der Waals surface area contributed by atoms with Crippen LogP contribution in [0.3, 0.4) is 0 Å². The summed E-state index contributed by atoms with van der Waals surface area (Å²) in [6, 6.07) is 12.1. The number of hydrogen-bond acceptors (Lipinski definition) is 4. The SMILES string of the molecule is CCOc1ccc(S(=O)(=O)N(CC)CC(=O)Nc2ccccc2C)cc1C. The molecule has 0 spiro atoms. The van der Waals surface area contributed by atoms with Gasteiger partial charge in [0.15, 0.2) is 0 Å². The molecule has 146 valence electrons. The predicted octanol–water partition coefficient (Wildman–Crippen LogP) is 3.35. The summed E-state index contributed by atoms with van der Waals surface area (Å²) in [6.07, 6.45) is 0. The van der Waals surface area contributed by atoms with Crippen LogP contribution in [0.25, 0.3) is 0 Å². The molecule has 0 fully saturated rings. The smallest absolute Gasteiger partial charge is 0.243 e. The molecule has 0 aliphatic heterocycles. The lowest BCUT2D eigenvalue weighted by Crippen LogP contribution is -2.38. The molecule has 0 saturated heterocycles. The Bertz CT molecular complexity index is 910. The summed E-state index contributed by atoms with van der Waals surface area (Å²) in [6.45, 7) is 7.70. The molecule has 0 aliphatic rings. The standard InChI is InChI=1S/C20H26N2O4S/c1-5-22(14-20(23)21-18-10-8-7-9-15(18)3)27(24,25)17-11-12-19(26-6-2)16(4)13-17/h7-13H,5-6,14H2,1-4H3,(H,21,23). The Kier molecular flexibility index (Phi) is 6.98. The van der Waals surface area contributed by atoms with E-state index in [2.05, 4.69) is 5.32 Å². The molecule has 1 N–H and O–H groups in total. The molecule has 0 heterocycles. The van der Waals surface area contributed by atoms with Gasteiger partial charge in [0.25, 0.3) is 0 Å². The number of benzene rings is 2. The third kappa shape index (κ3) is 5.08. The summed E-state index contributed by atoms with van der Waals surface area (Å²) in [4.78, 5) is 12.5. The van der Waals surface area contributed by atoms with Crippen LogP contribution in [0.15, 0.2) is 47.4 Å². The Morgan fingerprint density at radius 1 is 1.07 bits per heavy atom. The molecule has 0 aliphatic carbocycles. The Hall–Kier alpha value is -2.38. The van der Waals surface area contributed by atoms with Crippen molar-refractivity contribution in [3.8, 4) is 5.75 Å². The summed E-state index contributed by atoms with van der Waals surface area (Å²) >= 11 is 0. The first-order valence-corrected chi connectivity index (χ1v) is 10.3. The van der Waals surface area contributed by atoms with Crippen molar-refractivity contribution in [1.82, 2.24) is 4.31 Å². The lowest BCUT2D eigenvalue weighted by molar-refractivity contribution is -0.116. The quantitative estimate of drug-likeness (QED) is 0.750. The predicted molar refractivity (Wildman–Crippen MR) is 107 cm³/mol. The number of rotatable bonds is 8. The maximum atomic E-state index is 12.9. The molecule has 0 bridgehead atoms. The Morgan fingerprint density at radius 3 is 2.37 bits per heavy atom. The number of likely N-dealkylation sites (N-methyl/N-ethyl adjacent to an activating group) is 1. The van der Waals surface area contributed by atoms with E-state index in [1.807, 2.05) is 32.0 Å². The number of para-hydroxylation sites is 1. The topological polar surface area (TPSA) is 75.7 Å². The van der Waals surface area contributed by atoms with Crippen LogP contribution in [0.4, 0.5) is 5.69 Å². The minimum absolute atomic E-state index is 0.147. The van der Waals surface area contributed by atoms with E-state index in [9.17, 15) is 13.2 Å². The van der Waals surface area contributed by atoms with Crippen molar-refractivity contribution in [3.05, 3.63) is 53.6 Å². The van der Waals surface area contributed by atoms with E-state index < -0.39 is 10.0 Å². The number of nitrogens with zero attached hydrogens (tertiary/aromatic N) is 1. The monoisotopic (exact) mass is 390 g/mol. The summed E-state index contributed by atoms with van der Waals surface area (Å²) in [7, 11) is -3.79. The zero-order valence-corrected chi connectivity index (χ0v) is 17.0. The minimum Gasteiger partial charge on any atom is -0.494 e. The zero-order chi connectivity index (χ0) is 20.0. The lowest BCUT2D eigenvalue weighted by Gasteiger charge is -2.21. The molecular weight excluding hydrogens is 364 g/mol. The van der Waals surface area contributed by atoms with E-state index >= 15 is 0 Å². The molecule has 2 rings (SSSR count). The normalized spacial score (nSPS) is 11.4. The van der Waals surface area contributed by atoms with E-state index in [4.69, 9.17) is 4.74 Å². The third-order valence-corrected chi connectivity index (χ3v) is 6.09. The summed E-state index contributed by atoms with van der Waals surface area (Å²) in [5.74, 6) is 0.272. The first kappa shape index (κ1) is 20.9. The molecule has 7 heteroatoms. The van der Waals surface area contributed by atoms with Gasteiger partial charge in [-0.25, -0.2) is 8.42 Å². The number of amides is 1. The van der Waals surface area contributed by atoms with Gasteiger partial charge in [-0.1, -0.05) is 25.1 Å². The molecule has 2 aromatic rings. The second-order valence-electron chi connectivity index (χ2n) is 6.15. The number of sulfonamides is 1. The number of carbonyl (C=O) groups excluding carboxylic acids is 1. The fourth-order valence-corrected chi connectivity index (χ4v) is 4.17. The van der Waals surface area contributed by atoms with Gasteiger partial charge in [-0.05, 0) is 56.2 Å². The second kappa shape index (κ2) is 9.01. The van der Waals surface area contributed by atoms with Crippen molar-refractivity contribution in [2.75, 3.05) is 25.0 Å². The van der Waals surface area contributed by atoms with Crippen LogP contribution in [-0.2, 0) is 14.8 Å². The van der Waals surface area contributed by atoms with Gasteiger partial charge >= 0.3 is 0 Å². The highest BCUT2D eigenvalue weighted by Crippen LogP contribution is 2.24. The fourth-order valence-electron chi connectivity index (χ4n) is 2.68. The number of ether oxygens (including phenoxy) is 1. The number of anilines is 1. The van der Waals surface area contributed by atoms with Crippen LogP contribution in [0.2, 0.25) is 0 Å². The Morgan fingerprint density at radius 2 is 1.78 bits per heavy atom. The van der Waals surface area contributed by atoms with Crippen LogP contribution >= 0.6 is 0 Å². The number of aryl methyl sites for hydroxylation is 2. The van der Waals surface area contributed by atoms with Crippen molar-refractivity contribution in [2.24, 2.45) is 0 Å². The molecule has 27 heavy (non-hydrogen) atoms. The summed E-state index contributed by atoms with van der Waals surface area (Å²) < 4.78 is 32.5. The van der Waals surface area contributed by atoms with Crippen LogP contribution in [0.5, 0.6) is 5.75 Å². The highest BCUT2D eigenvalue weighted by Gasteiger charge is 2.26. The van der Waals surface area contributed by atoms with Gasteiger partial charge in [0.1, 0.15) is 5.75 Å². The van der Waals surface area contributed by atoms with Gasteiger partial charge in [-0.3, -0.25) is 4.79 Å². The Balaban J connectivity index is 2.18. The largest absolute Gasteiger partial charge is 0.494 e. The van der Waals surface area contributed by atoms with Crippen LogP contribution in [0.1, 0.15) is 25.0 Å². The van der Waals surface area contributed by atoms with Crippen molar-refractivity contribution < 1.29 is 17.9 Å². The van der Waals surface area contributed by atoms with Gasteiger partial charge in [0.05, 0.1) is 18.0 Å². The number of carbonyl (C=O) groups is 1. The van der Waals surface area contributed by atoms with Crippen molar-refractivity contribution >= 4 is 21.6 Å². The van der Waals surface area contributed by atoms with Gasteiger partial charge in [-0.2, -0.15) is 4.31 Å². The van der Waals surface area contributed by atoms with E-state index in [-0.39, 0.29) is 23.9 Å². The molecule has 6 nitrogen and oxygen atoms in total. The second-order valence-corrected chi connectivity index (χ2v) is 8.09. The van der Waals surface area contributed by atoms with E-state index in [1.165, 1.54) is 6.07 Å². The Labute approximate surface area is 161 Å². The molecule has 0 aromatic heterocycles. The first-order chi connectivity index (χ1) is 12.8. The molecule has 0 unspecified atom stereocenters. The average molecular weight is 391 g/mol. The fraction of sp³-hybridized carbons (Fsp3) is 0.350. The lowest BCUT2D eigenvalue weighted by atomic mass is 10.2. The summed E-state index contributed by atoms with van der Waals surface area (Å²) in [5, 5.41) is 2.77. The third-order valence-electron chi connectivity index (χ3n) is 4.18. The first-order valence-electron chi connectivity index (χ1n) is 8.88. The maximum Gasteiger partial charge on any atom is 0.243 e. The van der Waals surface area contributed by atoms with E-state index in [0.29, 0.717) is 18.0 Å². The van der Waals surface area contributed by atoms with E-state index in [1.54, 1.807) is 32.0 Å². The maximum absolute atomic E-state index is 12.9.